The highest BCUT2D eigenvalue weighted by Gasteiger charge is 2.15. The second-order valence-electron chi connectivity index (χ2n) is 5.32. The van der Waals surface area contributed by atoms with E-state index in [1.165, 1.54) is 12.8 Å². The summed E-state index contributed by atoms with van der Waals surface area (Å²) in [6.07, 6.45) is 9.49. The van der Waals surface area contributed by atoms with E-state index in [-0.39, 0.29) is 6.10 Å². The van der Waals surface area contributed by atoms with E-state index in [2.05, 4.69) is 25.8 Å². The summed E-state index contributed by atoms with van der Waals surface area (Å²) in [5.74, 6) is 0. The Bertz CT molecular complexity index is 280. The molecule has 0 radical (unpaired) electrons. The third-order valence-corrected chi connectivity index (χ3v) is 3.33. The van der Waals surface area contributed by atoms with Gasteiger partial charge in [-0.1, -0.05) is 33.6 Å². The number of aliphatic hydroxyl groups excluding tert-OH is 1. The van der Waals surface area contributed by atoms with Crippen LogP contribution in [-0.2, 0) is 6.54 Å². The van der Waals surface area contributed by atoms with Crippen LogP contribution >= 0.6 is 0 Å². The van der Waals surface area contributed by atoms with E-state index in [1.54, 1.807) is 12.5 Å². The van der Waals surface area contributed by atoms with E-state index in [4.69, 9.17) is 0 Å². The van der Waals surface area contributed by atoms with Crippen LogP contribution < -0.4 is 0 Å². The molecule has 0 aliphatic heterocycles. The monoisotopic (exact) mass is 224 g/mol. The van der Waals surface area contributed by atoms with E-state index < -0.39 is 0 Å². The lowest BCUT2D eigenvalue weighted by molar-refractivity contribution is 0.135. The Morgan fingerprint density at radius 3 is 2.75 bits per heavy atom. The Morgan fingerprint density at radius 1 is 1.44 bits per heavy atom. The van der Waals surface area contributed by atoms with Gasteiger partial charge in [0.15, 0.2) is 0 Å². The predicted molar refractivity (Wildman–Crippen MR) is 66.2 cm³/mol. The maximum absolute atomic E-state index is 9.84. The SMILES string of the molecule is CCC(C)(C)CCC[C@@H](O)Cn1ccnc1. The van der Waals surface area contributed by atoms with Crippen molar-refractivity contribution in [2.75, 3.05) is 0 Å². The number of hydrogen-bond donors (Lipinski definition) is 1. The van der Waals surface area contributed by atoms with Gasteiger partial charge in [-0.3, -0.25) is 0 Å². The van der Waals surface area contributed by atoms with Gasteiger partial charge in [0, 0.05) is 18.9 Å². The van der Waals surface area contributed by atoms with Crippen LogP contribution in [0.5, 0.6) is 0 Å². The second kappa shape index (κ2) is 6.04. The van der Waals surface area contributed by atoms with Crippen molar-refractivity contribution >= 4 is 0 Å². The smallest absolute Gasteiger partial charge is 0.0946 e. The minimum absolute atomic E-state index is 0.248. The highest BCUT2D eigenvalue weighted by molar-refractivity contribution is 4.76. The normalized spacial score (nSPS) is 14.0. The maximum Gasteiger partial charge on any atom is 0.0946 e. The molecule has 0 saturated carbocycles. The number of hydrogen-bond acceptors (Lipinski definition) is 2. The van der Waals surface area contributed by atoms with Gasteiger partial charge in [0.1, 0.15) is 0 Å². The molecule has 1 aromatic heterocycles. The highest BCUT2D eigenvalue weighted by atomic mass is 16.3. The quantitative estimate of drug-likeness (QED) is 0.773. The van der Waals surface area contributed by atoms with Gasteiger partial charge in [0.2, 0.25) is 0 Å². The number of aromatic nitrogens is 2. The molecular formula is C13H24N2O. The molecule has 0 bridgehead atoms. The van der Waals surface area contributed by atoms with E-state index in [1.807, 2.05) is 10.8 Å². The Hall–Kier alpha value is -0.830. The van der Waals surface area contributed by atoms with Gasteiger partial charge in [-0.15, -0.1) is 0 Å². The van der Waals surface area contributed by atoms with Crippen LogP contribution in [0, 0.1) is 5.41 Å². The lowest BCUT2D eigenvalue weighted by Crippen LogP contribution is -2.16. The van der Waals surface area contributed by atoms with Crippen molar-refractivity contribution < 1.29 is 5.11 Å². The summed E-state index contributed by atoms with van der Waals surface area (Å²) in [5.41, 5.74) is 0.411. The van der Waals surface area contributed by atoms with E-state index >= 15 is 0 Å². The van der Waals surface area contributed by atoms with Crippen molar-refractivity contribution in [1.82, 2.24) is 9.55 Å². The summed E-state index contributed by atoms with van der Waals surface area (Å²) in [4.78, 5) is 3.96. The topological polar surface area (TPSA) is 38.0 Å². The first-order valence-corrected chi connectivity index (χ1v) is 6.17. The predicted octanol–water partition coefficient (Wildman–Crippen LogP) is 2.85. The summed E-state index contributed by atoms with van der Waals surface area (Å²) >= 11 is 0. The minimum Gasteiger partial charge on any atom is -0.391 e. The van der Waals surface area contributed by atoms with E-state index in [0.29, 0.717) is 12.0 Å². The van der Waals surface area contributed by atoms with Crippen molar-refractivity contribution in [3.63, 3.8) is 0 Å². The van der Waals surface area contributed by atoms with Crippen molar-refractivity contribution in [2.24, 2.45) is 5.41 Å². The van der Waals surface area contributed by atoms with Crippen LogP contribution in [0.25, 0.3) is 0 Å². The Balaban J connectivity index is 2.18. The minimum atomic E-state index is -0.248. The van der Waals surface area contributed by atoms with Crippen molar-refractivity contribution in [3.05, 3.63) is 18.7 Å². The molecule has 0 aromatic carbocycles. The second-order valence-corrected chi connectivity index (χ2v) is 5.32. The number of imidazole rings is 1. The van der Waals surface area contributed by atoms with Gasteiger partial charge < -0.3 is 9.67 Å². The molecule has 1 N–H and O–H groups in total. The zero-order chi connectivity index (χ0) is 12.0. The standard InChI is InChI=1S/C13H24N2O/c1-4-13(2,3)7-5-6-12(16)10-15-9-8-14-11-15/h8-9,11-12,16H,4-7,10H2,1-3H3/t12-/m1/s1. The van der Waals surface area contributed by atoms with Crippen LogP contribution in [0.15, 0.2) is 18.7 Å². The first kappa shape index (κ1) is 13.2. The van der Waals surface area contributed by atoms with Crippen LogP contribution in [0.2, 0.25) is 0 Å². The summed E-state index contributed by atoms with van der Waals surface area (Å²) in [7, 11) is 0. The molecule has 3 heteroatoms. The first-order valence-electron chi connectivity index (χ1n) is 6.17. The summed E-state index contributed by atoms with van der Waals surface area (Å²) in [6.45, 7) is 7.46. The van der Waals surface area contributed by atoms with Crippen molar-refractivity contribution in [2.45, 2.75) is 59.1 Å². The number of rotatable bonds is 7. The number of nitrogens with zero attached hydrogens (tertiary/aromatic N) is 2. The highest BCUT2D eigenvalue weighted by Crippen LogP contribution is 2.27. The molecule has 1 rings (SSSR count). The summed E-state index contributed by atoms with van der Waals surface area (Å²) < 4.78 is 1.93. The first-order chi connectivity index (χ1) is 7.53. The van der Waals surface area contributed by atoms with Crippen LogP contribution in [0.1, 0.15) is 46.5 Å². The lowest BCUT2D eigenvalue weighted by atomic mass is 9.84. The van der Waals surface area contributed by atoms with Crippen molar-refractivity contribution in [1.29, 1.82) is 0 Å². The summed E-state index contributed by atoms with van der Waals surface area (Å²) in [6, 6.07) is 0. The molecule has 0 amide bonds. The molecule has 0 aliphatic carbocycles. The van der Waals surface area contributed by atoms with Crippen LogP contribution in [-0.4, -0.2) is 20.8 Å². The molecule has 1 atom stereocenters. The van der Waals surface area contributed by atoms with Gasteiger partial charge in [0.25, 0.3) is 0 Å². The Morgan fingerprint density at radius 2 is 2.19 bits per heavy atom. The molecule has 92 valence electrons. The fourth-order valence-electron chi connectivity index (χ4n) is 1.72. The largest absolute Gasteiger partial charge is 0.391 e. The third kappa shape index (κ3) is 4.79. The average Bonchev–Trinajstić information content (AvgIpc) is 2.70. The van der Waals surface area contributed by atoms with E-state index in [0.717, 1.165) is 12.8 Å². The zero-order valence-corrected chi connectivity index (χ0v) is 10.7. The van der Waals surface area contributed by atoms with Gasteiger partial charge in [-0.2, -0.15) is 0 Å². The van der Waals surface area contributed by atoms with E-state index in [9.17, 15) is 5.11 Å². The molecule has 0 unspecified atom stereocenters. The van der Waals surface area contributed by atoms with Crippen LogP contribution in [0.4, 0.5) is 0 Å². The molecule has 0 aliphatic rings. The third-order valence-electron chi connectivity index (χ3n) is 3.33. The Kier molecular flexibility index (Phi) is 5.00. The molecule has 16 heavy (non-hydrogen) atoms. The van der Waals surface area contributed by atoms with Gasteiger partial charge >= 0.3 is 0 Å². The molecule has 0 saturated heterocycles. The number of aliphatic hydroxyl groups is 1. The van der Waals surface area contributed by atoms with Crippen LogP contribution in [0.3, 0.4) is 0 Å². The average molecular weight is 224 g/mol. The lowest BCUT2D eigenvalue weighted by Gasteiger charge is -2.23. The zero-order valence-electron chi connectivity index (χ0n) is 10.7. The van der Waals surface area contributed by atoms with Gasteiger partial charge in [0.05, 0.1) is 12.4 Å². The molecule has 1 aromatic rings. The molecule has 3 nitrogen and oxygen atoms in total. The van der Waals surface area contributed by atoms with Gasteiger partial charge in [-0.05, 0) is 18.3 Å². The maximum atomic E-state index is 9.84. The summed E-state index contributed by atoms with van der Waals surface area (Å²) in [5, 5.41) is 9.84. The molecule has 0 fully saturated rings. The molecule has 0 spiro atoms. The van der Waals surface area contributed by atoms with Crippen molar-refractivity contribution in [3.8, 4) is 0 Å². The Labute approximate surface area is 98.5 Å². The molecular weight excluding hydrogens is 200 g/mol. The fourth-order valence-corrected chi connectivity index (χ4v) is 1.72. The fraction of sp³-hybridized carbons (Fsp3) is 0.769. The molecule has 1 heterocycles. The van der Waals surface area contributed by atoms with Gasteiger partial charge in [-0.25, -0.2) is 4.98 Å².